The highest BCUT2D eigenvalue weighted by atomic mass is 32.2. The highest BCUT2D eigenvalue weighted by Crippen LogP contribution is 2.26. The SMILES string of the molecule is O=S(=O)(Nc1cccc(Nc2nccc(-c3ccccn3)n2)c1)c1cccc2cnccc12. The molecule has 2 aromatic carbocycles. The molecular formula is C24H18N6O2S. The van der Waals surface area contributed by atoms with Crippen molar-refractivity contribution in [3.8, 4) is 11.4 Å². The van der Waals surface area contributed by atoms with Crippen molar-refractivity contribution in [2.45, 2.75) is 4.90 Å². The summed E-state index contributed by atoms with van der Waals surface area (Å²) in [5.74, 6) is 0.375. The molecule has 0 unspecified atom stereocenters. The zero-order valence-corrected chi connectivity index (χ0v) is 18.1. The molecule has 0 saturated carbocycles. The van der Waals surface area contributed by atoms with E-state index in [2.05, 4.69) is 30.0 Å². The predicted octanol–water partition coefficient (Wildman–Crippen LogP) is 4.63. The summed E-state index contributed by atoms with van der Waals surface area (Å²) in [5.41, 5.74) is 2.45. The lowest BCUT2D eigenvalue weighted by molar-refractivity contribution is 0.602. The fourth-order valence-corrected chi connectivity index (χ4v) is 4.68. The van der Waals surface area contributed by atoms with Crippen LogP contribution in [-0.4, -0.2) is 28.4 Å². The molecular weight excluding hydrogens is 436 g/mol. The summed E-state index contributed by atoms with van der Waals surface area (Å²) >= 11 is 0. The van der Waals surface area contributed by atoms with E-state index in [0.717, 1.165) is 11.1 Å². The smallest absolute Gasteiger partial charge is 0.262 e. The largest absolute Gasteiger partial charge is 0.324 e. The molecule has 0 amide bonds. The van der Waals surface area contributed by atoms with Crippen molar-refractivity contribution in [1.82, 2.24) is 19.9 Å². The van der Waals surface area contributed by atoms with Gasteiger partial charge in [-0.25, -0.2) is 18.4 Å². The van der Waals surface area contributed by atoms with Crippen molar-refractivity contribution in [2.75, 3.05) is 10.0 Å². The fourth-order valence-electron chi connectivity index (χ4n) is 3.40. The Morgan fingerprint density at radius 3 is 2.48 bits per heavy atom. The number of hydrogen-bond donors (Lipinski definition) is 2. The molecule has 0 aliphatic heterocycles. The lowest BCUT2D eigenvalue weighted by atomic mass is 10.2. The van der Waals surface area contributed by atoms with Crippen LogP contribution in [0.15, 0.2) is 102 Å². The summed E-state index contributed by atoms with van der Waals surface area (Å²) in [4.78, 5) is 17.3. The normalized spacial score (nSPS) is 11.3. The van der Waals surface area contributed by atoms with Gasteiger partial charge >= 0.3 is 0 Å². The minimum absolute atomic E-state index is 0.187. The number of hydrogen-bond acceptors (Lipinski definition) is 7. The fraction of sp³-hybridized carbons (Fsp3) is 0. The van der Waals surface area contributed by atoms with Gasteiger partial charge in [0, 0.05) is 41.2 Å². The van der Waals surface area contributed by atoms with Crippen LogP contribution in [0.1, 0.15) is 0 Å². The number of nitrogens with zero attached hydrogens (tertiary/aromatic N) is 4. The van der Waals surface area contributed by atoms with Crippen LogP contribution in [-0.2, 0) is 10.0 Å². The molecule has 2 N–H and O–H groups in total. The molecule has 5 rings (SSSR count). The Kier molecular flexibility index (Phi) is 5.37. The van der Waals surface area contributed by atoms with Crippen LogP contribution in [0.2, 0.25) is 0 Å². The Morgan fingerprint density at radius 1 is 0.727 bits per heavy atom. The maximum atomic E-state index is 13.1. The molecule has 162 valence electrons. The first-order valence-corrected chi connectivity index (χ1v) is 11.5. The first kappa shape index (κ1) is 20.5. The Labute approximate surface area is 190 Å². The molecule has 0 spiro atoms. The topological polar surface area (TPSA) is 110 Å². The van der Waals surface area contributed by atoms with Gasteiger partial charge in [-0.05, 0) is 48.5 Å². The van der Waals surface area contributed by atoms with Crippen LogP contribution in [0, 0.1) is 0 Å². The summed E-state index contributed by atoms with van der Waals surface area (Å²) in [6.45, 7) is 0. The first-order chi connectivity index (χ1) is 16.1. The van der Waals surface area contributed by atoms with E-state index < -0.39 is 10.0 Å². The van der Waals surface area contributed by atoms with Gasteiger partial charge in [0.05, 0.1) is 22.0 Å². The molecule has 8 nitrogen and oxygen atoms in total. The van der Waals surface area contributed by atoms with Gasteiger partial charge in [-0.1, -0.05) is 24.3 Å². The molecule has 0 bridgehead atoms. The van der Waals surface area contributed by atoms with Gasteiger partial charge in [0.15, 0.2) is 0 Å². The highest BCUT2D eigenvalue weighted by Gasteiger charge is 2.17. The van der Waals surface area contributed by atoms with Gasteiger partial charge in [0.25, 0.3) is 10.0 Å². The molecule has 0 aliphatic carbocycles. The molecule has 3 aromatic heterocycles. The Balaban J connectivity index is 1.40. The van der Waals surface area contributed by atoms with Gasteiger partial charge in [-0.3, -0.25) is 14.7 Å². The second-order valence-corrected chi connectivity index (χ2v) is 8.80. The minimum atomic E-state index is -3.82. The maximum absolute atomic E-state index is 13.1. The molecule has 33 heavy (non-hydrogen) atoms. The second kappa shape index (κ2) is 8.64. The van der Waals surface area contributed by atoms with Gasteiger partial charge in [0.1, 0.15) is 0 Å². The third kappa shape index (κ3) is 4.48. The van der Waals surface area contributed by atoms with E-state index >= 15 is 0 Å². The molecule has 5 aromatic rings. The molecule has 0 saturated heterocycles. The zero-order valence-electron chi connectivity index (χ0n) is 17.3. The van der Waals surface area contributed by atoms with Crippen LogP contribution in [0.5, 0.6) is 0 Å². The number of anilines is 3. The van der Waals surface area contributed by atoms with E-state index in [-0.39, 0.29) is 4.90 Å². The monoisotopic (exact) mass is 454 g/mol. The van der Waals surface area contributed by atoms with Crippen LogP contribution >= 0.6 is 0 Å². The maximum Gasteiger partial charge on any atom is 0.262 e. The quantitative estimate of drug-likeness (QED) is 0.385. The van der Waals surface area contributed by atoms with Crippen molar-refractivity contribution >= 4 is 38.1 Å². The second-order valence-electron chi connectivity index (χ2n) is 7.14. The van der Waals surface area contributed by atoms with E-state index in [1.807, 2.05) is 24.3 Å². The average molecular weight is 455 g/mol. The van der Waals surface area contributed by atoms with E-state index in [0.29, 0.717) is 28.4 Å². The predicted molar refractivity (Wildman–Crippen MR) is 128 cm³/mol. The van der Waals surface area contributed by atoms with Gasteiger partial charge < -0.3 is 5.32 Å². The molecule has 0 aliphatic rings. The summed E-state index contributed by atoms with van der Waals surface area (Å²) in [7, 11) is -3.82. The van der Waals surface area contributed by atoms with Crippen molar-refractivity contribution in [2.24, 2.45) is 0 Å². The van der Waals surface area contributed by atoms with Crippen LogP contribution in [0.4, 0.5) is 17.3 Å². The van der Waals surface area contributed by atoms with Gasteiger partial charge in [0.2, 0.25) is 5.95 Å². The number of benzene rings is 2. The van der Waals surface area contributed by atoms with Crippen LogP contribution in [0.25, 0.3) is 22.2 Å². The number of aromatic nitrogens is 4. The number of fused-ring (bicyclic) bond motifs is 1. The third-order valence-electron chi connectivity index (χ3n) is 4.88. The minimum Gasteiger partial charge on any atom is -0.324 e. The molecule has 9 heteroatoms. The number of rotatable bonds is 6. The van der Waals surface area contributed by atoms with Crippen molar-refractivity contribution in [3.63, 3.8) is 0 Å². The van der Waals surface area contributed by atoms with E-state index in [1.165, 1.54) is 0 Å². The average Bonchev–Trinajstić information content (AvgIpc) is 2.84. The lowest BCUT2D eigenvalue weighted by Gasteiger charge is -2.12. The van der Waals surface area contributed by atoms with Crippen molar-refractivity contribution in [1.29, 1.82) is 0 Å². The standard InChI is InChI=1S/C24H18N6O2S/c31-33(32,23-9-3-5-17-16-25-13-10-20(17)23)30-19-7-4-6-18(15-19)28-24-27-14-11-22(29-24)21-8-1-2-12-26-21/h1-16,30H,(H,27,28,29). The van der Waals surface area contributed by atoms with E-state index in [1.54, 1.807) is 73.3 Å². The lowest BCUT2D eigenvalue weighted by Crippen LogP contribution is -2.13. The Bertz CT molecular complexity index is 1540. The number of pyridine rings is 2. The first-order valence-electron chi connectivity index (χ1n) is 10.1. The van der Waals surface area contributed by atoms with Crippen LogP contribution < -0.4 is 10.0 Å². The molecule has 0 atom stereocenters. The zero-order chi connectivity index (χ0) is 22.7. The Morgan fingerprint density at radius 2 is 1.61 bits per heavy atom. The molecule has 0 fully saturated rings. The summed E-state index contributed by atoms with van der Waals surface area (Å²) in [6.07, 6.45) is 6.55. The van der Waals surface area contributed by atoms with Gasteiger partial charge in [-0.15, -0.1) is 0 Å². The Hall–Kier alpha value is -4.37. The van der Waals surface area contributed by atoms with Gasteiger partial charge in [-0.2, -0.15) is 0 Å². The highest BCUT2D eigenvalue weighted by molar-refractivity contribution is 7.93. The van der Waals surface area contributed by atoms with E-state index in [9.17, 15) is 8.42 Å². The number of sulfonamides is 1. The molecule has 0 radical (unpaired) electrons. The van der Waals surface area contributed by atoms with E-state index in [4.69, 9.17) is 0 Å². The third-order valence-corrected chi connectivity index (χ3v) is 6.32. The van der Waals surface area contributed by atoms with Crippen molar-refractivity contribution < 1.29 is 8.42 Å². The van der Waals surface area contributed by atoms with Crippen molar-refractivity contribution in [3.05, 3.63) is 97.6 Å². The van der Waals surface area contributed by atoms with Crippen LogP contribution in [0.3, 0.4) is 0 Å². The molecule has 3 heterocycles. The summed E-state index contributed by atoms with van der Waals surface area (Å²) < 4.78 is 28.9. The summed E-state index contributed by atoms with van der Waals surface area (Å²) in [6, 6.07) is 21.1. The number of nitrogens with one attached hydrogen (secondary N) is 2. The summed E-state index contributed by atoms with van der Waals surface area (Å²) in [5, 5.41) is 4.47.